The normalized spacial score (nSPS) is 27.4. The van der Waals surface area contributed by atoms with Crippen LogP contribution in [-0.4, -0.2) is 73.7 Å². The number of hydrogen-bond acceptors (Lipinski definition) is 5. The number of hydrogen-bond donors (Lipinski definition) is 0. The van der Waals surface area contributed by atoms with Crippen LogP contribution in [0.5, 0.6) is 0 Å². The number of ether oxygens (including phenoxy) is 2. The van der Waals surface area contributed by atoms with Crippen LogP contribution < -0.4 is 0 Å². The molecule has 0 saturated carbocycles. The third-order valence-corrected chi connectivity index (χ3v) is 4.47. The maximum absolute atomic E-state index is 12.6. The Hall–Kier alpha value is -1.14. The molecule has 2 atom stereocenters. The van der Waals surface area contributed by atoms with Crippen molar-refractivity contribution in [2.45, 2.75) is 44.7 Å². The molecular formula is C15H26N2O4. The molecule has 2 heterocycles. The first kappa shape index (κ1) is 16.2. The summed E-state index contributed by atoms with van der Waals surface area (Å²) in [7, 11) is 1.37. The van der Waals surface area contributed by atoms with E-state index in [4.69, 9.17) is 9.47 Å². The average molecular weight is 298 g/mol. The fraction of sp³-hybridized carbons (Fsp3) is 0.867. The van der Waals surface area contributed by atoms with Crippen molar-refractivity contribution in [3.05, 3.63) is 0 Å². The van der Waals surface area contributed by atoms with E-state index in [0.717, 1.165) is 25.8 Å². The first-order chi connectivity index (χ1) is 10.2. The van der Waals surface area contributed by atoms with Crippen LogP contribution in [0.15, 0.2) is 0 Å². The molecule has 1 amide bonds. The predicted octanol–water partition coefficient (Wildman–Crippen LogP) is 0.651. The Morgan fingerprint density at radius 3 is 2.81 bits per heavy atom. The third kappa shape index (κ3) is 3.95. The lowest BCUT2D eigenvalue weighted by Gasteiger charge is -2.38. The fourth-order valence-electron chi connectivity index (χ4n) is 3.20. The van der Waals surface area contributed by atoms with Gasteiger partial charge in [0.2, 0.25) is 5.91 Å². The van der Waals surface area contributed by atoms with Gasteiger partial charge < -0.3 is 14.4 Å². The molecule has 0 spiro atoms. The number of morpholine rings is 1. The number of nitrogens with zero attached hydrogens (tertiary/aromatic N) is 2. The Morgan fingerprint density at radius 2 is 2.10 bits per heavy atom. The zero-order valence-electron chi connectivity index (χ0n) is 13.0. The second-order valence-electron chi connectivity index (χ2n) is 5.73. The third-order valence-electron chi connectivity index (χ3n) is 4.47. The van der Waals surface area contributed by atoms with E-state index < -0.39 is 6.04 Å². The Balaban J connectivity index is 1.97. The highest BCUT2D eigenvalue weighted by atomic mass is 16.5. The van der Waals surface area contributed by atoms with Crippen molar-refractivity contribution in [2.75, 3.05) is 40.0 Å². The lowest BCUT2D eigenvalue weighted by Crippen LogP contribution is -2.55. The van der Waals surface area contributed by atoms with Crippen LogP contribution in [0, 0.1) is 0 Å². The van der Waals surface area contributed by atoms with E-state index in [-0.39, 0.29) is 18.4 Å². The first-order valence-electron chi connectivity index (χ1n) is 7.86. The highest BCUT2D eigenvalue weighted by Crippen LogP contribution is 2.20. The highest BCUT2D eigenvalue weighted by molar-refractivity contribution is 5.81. The van der Waals surface area contributed by atoms with Gasteiger partial charge in [0.15, 0.2) is 0 Å². The summed E-state index contributed by atoms with van der Waals surface area (Å²) in [6, 6.07) is -0.110. The molecule has 2 unspecified atom stereocenters. The van der Waals surface area contributed by atoms with Crippen LogP contribution in [0.4, 0.5) is 0 Å². The van der Waals surface area contributed by atoms with Crippen LogP contribution in [0.2, 0.25) is 0 Å². The highest BCUT2D eigenvalue weighted by Gasteiger charge is 2.34. The van der Waals surface area contributed by atoms with Gasteiger partial charge in [-0.3, -0.25) is 14.5 Å². The molecule has 2 aliphatic rings. The number of methoxy groups -OCH3 is 1. The minimum Gasteiger partial charge on any atom is -0.468 e. The Kier molecular flexibility index (Phi) is 5.99. The molecule has 2 rings (SSSR count). The van der Waals surface area contributed by atoms with Gasteiger partial charge in [-0.15, -0.1) is 0 Å². The van der Waals surface area contributed by atoms with Crippen molar-refractivity contribution >= 4 is 11.9 Å². The second kappa shape index (κ2) is 7.75. The standard InChI is InChI=1S/C15H26N2O4/c1-3-12-6-4-5-7-17(12)14(18)10-16-8-9-21-11-13(16)15(19)20-2/h12-13H,3-11H2,1-2H3. The summed E-state index contributed by atoms with van der Waals surface area (Å²) in [4.78, 5) is 28.3. The number of piperidine rings is 1. The maximum atomic E-state index is 12.6. The molecule has 6 heteroatoms. The summed E-state index contributed by atoms with van der Waals surface area (Å²) in [5.74, 6) is -0.203. The van der Waals surface area contributed by atoms with E-state index in [0.29, 0.717) is 25.8 Å². The first-order valence-corrected chi connectivity index (χ1v) is 7.86. The molecule has 21 heavy (non-hydrogen) atoms. The monoisotopic (exact) mass is 298 g/mol. The lowest BCUT2D eigenvalue weighted by molar-refractivity contribution is -0.155. The molecule has 6 nitrogen and oxygen atoms in total. The molecule has 0 aromatic heterocycles. The number of carbonyl (C=O) groups is 2. The molecule has 0 radical (unpaired) electrons. The van der Waals surface area contributed by atoms with Gasteiger partial charge in [-0.25, -0.2) is 0 Å². The Bertz CT molecular complexity index is 375. The quantitative estimate of drug-likeness (QED) is 0.713. The second-order valence-corrected chi connectivity index (χ2v) is 5.73. The average Bonchev–Trinajstić information content (AvgIpc) is 2.54. The van der Waals surface area contributed by atoms with Crippen molar-refractivity contribution in [2.24, 2.45) is 0 Å². The molecule has 0 aromatic rings. The van der Waals surface area contributed by atoms with Gasteiger partial charge in [-0.05, 0) is 25.7 Å². The van der Waals surface area contributed by atoms with Crippen molar-refractivity contribution in [3.8, 4) is 0 Å². The van der Waals surface area contributed by atoms with Gasteiger partial charge in [0.05, 0.1) is 26.9 Å². The van der Waals surface area contributed by atoms with Crippen LogP contribution in [-0.2, 0) is 19.1 Å². The van der Waals surface area contributed by atoms with Gasteiger partial charge in [0.25, 0.3) is 0 Å². The minimum absolute atomic E-state index is 0.123. The van der Waals surface area contributed by atoms with E-state index in [9.17, 15) is 9.59 Å². The molecule has 0 aliphatic carbocycles. The molecule has 120 valence electrons. The molecule has 2 fully saturated rings. The van der Waals surface area contributed by atoms with E-state index in [1.165, 1.54) is 13.5 Å². The smallest absolute Gasteiger partial charge is 0.325 e. The van der Waals surface area contributed by atoms with E-state index in [1.54, 1.807) is 0 Å². The van der Waals surface area contributed by atoms with Gasteiger partial charge in [0, 0.05) is 19.1 Å². The Labute approximate surface area is 126 Å². The van der Waals surface area contributed by atoms with E-state index in [1.807, 2.05) is 9.80 Å². The summed E-state index contributed by atoms with van der Waals surface area (Å²) in [5, 5.41) is 0. The topological polar surface area (TPSA) is 59.1 Å². The van der Waals surface area contributed by atoms with Crippen LogP contribution in [0.3, 0.4) is 0 Å². The maximum Gasteiger partial charge on any atom is 0.325 e. The number of esters is 1. The molecule has 0 aromatic carbocycles. The largest absolute Gasteiger partial charge is 0.468 e. The Morgan fingerprint density at radius 1 is 1.29 bits per heavy atom. The van der Waals surface area contributed by atoms with Gasteiger partial charge in [-0.1, -0.05) is 6.92 Å². The number of likely N-dealkylation sites (tertiary alicyclic amines) is 1. The number of carbonyl (C=O) groups excluding carboxylic acids is 2. The zero-order valence-corrected chi connectivity index (χ0v) is 13.0. The SMILES string of the molecule is CCC1CCCCN1C(=O)CN1CCOCC1C(=O)OC. The summed E-state index contributed by atoms with van der Waals surface area (Å²) >= 11 is 0. The van der Waals surface area contributed by atoms with Crippen molar-refractivity contribution in [1.29, 1.82) is 0 Å². The van der Waals surface area contributed by atoms with Gasteiger partial charge in [0.1, 0.15) is 6.04 Å². The summed E-state index contributed by atoms with van der Waals surface area (Å²) in [5.41, 5.74) is 0. The molecule has 2 saturated heterocycles. The predicted molar refractivity (Wildman–Crippen MR) is 77.8 cm³/mol. The van der Waals surface area contributed by atoms with Gasteiger partial charge in [-0.2, -0.15) is 0 Å². The molecular weight excluding hydrogens is 272 g/mol. The van der Waals surface area contributed by atoms with Crippen molar-refractivity contribution < 1.29 is 19.1 Å². The minimum atomic E-state index is -0.461. The summed E-state index contributed by atoms with van der Waals surface area (Å²) < 4.78 is 10.1. The summed E-state index contributed by atoms with van der Waals surface area (Å²) in [6.45, 7) is 4.69. The van der Waals surface area contributed by atoms with E-state index >= 15 is 0 Å². The molecule has 0 N–H and O–H groups in total. The van der Waals surface area contributed by atoms with Crippen LogP contribution in [0.1, 0.15) is 32.6 Å². The lowest BCUT2D eigenvalue weighted by atomic mass is 10.00. The van der Waals surface area contributed by atoms with E-state index in [2.05, 4.69) is 6.92 Å². The number of amides is 1. The van der Waals surface area contributed by atoms with Crippen molar-refractivity contribution in [3.63, 3.8) is 0 Å². The number of rotatable bonds is 4. The fourth-order valence-corrected chi connectivity index (χ4v) is 3.20. The molecule has 2 aliphatic heterocycles. The van der Waals surface area contributed by atoms with Crippen molar-refractivity contribution in [1.82, 2.24) is 9.80 Å². The van der Waals surface area contributed by atoms with Crippen LogP contribution >= 0.6 is 0 Å². The van der Waals surface area contributed by atoms with Gasteiger partial charge >= 0.3 is 5.97 Å². The zero-order chi connectivity index (χ0) is 15.2. The molecule has 0 bridgehead atoms. The van der Waals surface area contributed by atoms with Crippen LogP contribution in [0.25, 0.3) is 0 Å². The summed E-state index contributed by atoms with van der Waals surface area (Å²) in [6.07, 6.45) is 4.36.